The summed E-state index contributed by atoms with van der Waals surface area (Å²) >= 11 is 0. The highest BCUT2D eigenvalue weighted by Crippen LogP contribution is 2.32. The molecule has 1 heterocycles. The number of carbonyl (C=O) groups excluding carboxylic acids is 2. The van der Waals surface area contributed by atoms with Gasteiger partial charge in [0.05, 0.1) is 18.5 Å². The van der Waals surface area contributed by atoms with Crippen LogP contribution in [0.25, 0.3) is 0 Å². The Balaban J connectivity index is 1.46. The van der Waals surface area contributed by atoms with Gasteiger partial charge < -0.3 is 10.2 Å². The summed E-state index contributed by atoms with van der Waals surface area (Å²) in [6.45, 7) is 2.56. The summed E-state index contributed by atoms with van der Waals surface area (Å²) in [6.07, 6.45) is -3.89. The largest absolute Gasteiger partial charge is 0.419 e. The highest BCUT2D eigenvalue weighted by Gasteiger charge is 2.35. The Morgan fingerprint density at radius 1 is 0.939 bits per heavy atom. The highest BCUT2D eigenvalue weighted by molar-refractivity contribution is 5.79. The Labute approximate surface area is 190 Å². The van der Waals surface area contributed by atoms with E-state index in [1.54, 1.807) is 0 Å². The summed E-state index contributed by atoms with van der Waals surface area (Å²) in [5.74, 6) is -1.93. The second kappa shape index (κ2) is 11.3. The fourth-order valence-electron chi connectivity index (χ4n) is 3.84. The van der Waals surface area contributed by atoms with Gasteiger partial charge in [0.2, 0.25) is 11.8 Å². The monoisotopic (exact) mass is 465 g/mol. The predicted molar refractivity (Wildman–Crippen MR) is 116 cm³/mol. The number of hydrogen-bond acceptors (Lipinski definition) is 3. The number of rotatable bonds is 7. The third-order valence-corrected chi connectivity index (χ3v) is 5.61. The van der Waals surface area contributed by atoms with Gasteiger partial charge in [0, 0.05) is 32.7 Å². The number of benzene rings is 2. The SMILES string of the molecule is O=C(CN1CCCN(C(=O)Cc2cccc(C(F)(F)F)c2F)CC1)NCCc1ccccc1. The van der Waals surface area contributed by atoms with E-state index in [1.165, 1.54) is 11.0 Å². The normalized spacial score (nSPS) is 15.2. The summed E-state index contributed by atoms with van der Waals surface area (Å²) in [5, 5.41) is 2.89. The Morgan fingerprint density at radius 2 is 1.70 bits per heavy atom. The lowest BCUT2D eigenvalue weighted by Crippen LogP contribution is -2.40. The van der Waals surface area contributed by atoms with Gasteiger partial charge in [-0.3, -0.25) is 14.5 Å². The molecule has 2 aromatic carbocycles. The number of nitrogens with one attached hydrogen (secondary N) is 1. The van der Waals surface area contributed by atoms with Gasteiger partial charge >= 0.3 is 6.18 Å². The van der Waals surface area contributed by atoms with Crippen molar-refractivity contribution in [2.24, 2.45) is 0 Å². The number of carbonyl (C=O) groups is 2. The molecule has 3 rings (SSSR count). The van der Waals surface area contributed by atoms with Crippen LogP contribution in [0.3, 0.4) is 0 Å². The molecule has 0 spiro atoms. The molecular formula is C24H27F4N3O2. The summed E-state index contributed by atoms with van der Waals surface area (Å²) in [7, 11) is 0. The molecule has 5 nitrogen and oxygen atoms in total. The van der Waals surface area contributed by atoms with Crippen molar-refractivity contribution in [3.63, 3.8) is 0 Å². The van der Waals surface area contributed by atoms with E-state index in [2.05, 4.69) is 5.32 Å². The van der Waals surface area contributed by atoms with Crippen LogP contribution < -0.4 is 5.32 Å². The summed E-state index contributed by atoms with van der Waals surface area (Å²) < 4.78 is 53.0. The van der Waals surface area contributed by atoms with Crippen molar-refractivity contribution < 1.29 is 27.2 Å². The zero-order valence-corrected chi connectivity index (χ0v) is 18.2. The molecule has 1 saturated heterocycles. The van der Waals surface area contributed by atoms with E-state index < -0.39 is 29.9 Å². The first-order valence-corrected chi connectivity index (χ1v) is 10.9. The van der Waals surface area contributed by atoms with Gasteiger partial charge in [0.25, 0.3) is 0 Å². The molecule has 33 heavy (non-hydrogen) atoms. The van der Waals surface area contributed by atoms with E-state index in [0.29, 0.717) is 45.2 Å². The molecule has 1 fully saturated rings. The molecule has 0 unspecified atom stereocenters. The molecule has 0 atom stereocenters. The summed E-state index contributed by atoms with van der Waals surface area (Å²) in [4.78, 5) is 28.3. The van der Waals surface area contributed by atoms with Crippen LogP contribution in [0.15, 0.2) is 48.5 Å². The lowest BCUT2D eigenvalue weighted by atomic mass is 10.1. The van der Waals surface area contributed by atoms with Crippen molar-refractivity contribution in [2.45, 2.75) is 25.4 Å². The minimum atomic E-state index is -4.81. The van der Waals surface area contributed by atoms with Crippen molar-refractivity contribution in [1.82, 2.24) is 15.1 Å². The average molecular weight is 465 g/mol. The van der Waals surface area contributed by atoms with E-state index in [-0.39, 0.29) is 18.0 Å². The van der Waals surface area contributed by atoms with Gasteiger partial charge in [-0.05, 0) is 30.0 Å². The average Bonchev–Trinajstić information content (AvgIpc) is 3.01. The van der Waals surface area contributed by atoms with Gasteiger partial charge in [-0.25, -0.2) is 4.39 Å². The van der Waals surface area contributed by atoms with Crippen molar-refractivity contribution in [2.75, 3.05) is 39.3 Å². The molecule has 178 valence electrons. The standard InChI is InChI=1S/C24H27F4N3O2/c25-23-19(8-4-9-20(23)24(26,27)28)16-22(33)31-13-5-12-30(14-15-31)17-21(32)29-11-10-18-6-2-1-3-7-18/h1-4,6-9H,5,10-17H2,(H,29,32). The molecule has 2 amide bonds. The number of amides is 2. The van der Waals surface area contributed by atoms with Gasteiger partial charge in [0.1, 0.15) is 5.82 Å². The lowest BCUT2D eigenvalue weighted by molar-refractivity contribution is -0.140. The van der Waals surface area contributed by atoms with E-state index in [1.807, 2.05) is 35.2 Å². The van der Waals surface area contributed by atoms with Crippen LogP contribution in [0, 0.1) is 5.82 Å². The lowest BCUT2D eigenvalue weighted by Gasteiger charge is -2.22. The summed E-state index contributed by atoms with van der Waals surface area (Å²) in [6, 6.07) is 12.8. The first kappa shape index (κ1) is 24.7. The zero-order chi connectivity index (χ0) is 23.8. The van der Waals surface area contributed by atoms with Gasteiger partial charge in [-0.1, -0.05) is 42.5 Å². The molecule has 0 aliphatic carbocycles. The minimum absolute atomic E-state index is 0.100. The fourth-order valence-corrected chi connectivity index (χ4v) is 3.84. The second-order valence-corrected chi connectivity index (χ2v) is 8.05. The van der Waals surface area contributed by atoms with Crippen molar-refractivity contribution >= 4 is 11.8 Å². The molecule has 1 aliphatic rings. The molecule has 1 N–H and O–H groups in total. The molecule has 0 aromatic heterocycles. The van der Waals surface area contributed by atoms with Crippen LogP contribution in [0.1, 0.15) is 23.1 Å². The maximum Gasteiger partial charge on any atom is 0.419 e. The van der Waals surface area contributed by atoms with Crippen LogP contribution in [0.5, 0.6) is 0 Å². The topological polar surface area (TPSA) is 52.7 Å². The molecule has 9 heteroatoms. The molecule has 2 aromatic rings. The van der Waals surface area contributed by atoms with Gasteiger partial charge in [-0.15, -0.1) is 0 Å². The van der Waals surface area contributed by atoms with Gasteiger partial charge in [0.15, 0.2) is 0 Å². The predicted octanol–water partition coefficient (Wildman–Crippen LogP) is 3.28. The Bertz CT molecular complexity index is 950. The Hall–Kier alpha value is -2.94. The number of halogens is 4. The maximum atomic E-state index is 14.2. The number of alkyl halides is 3. The van der Waals surface area contributed by atoms with Crippen LogP contribution in [-0.2, 0) is 28.6 Å². The van der Waals surface area contributed by atoms with Crippen molar-refractivity contribution in [1.29, 1.82) is 0 Å². The van der Waals surface area contributed by atoms with Crippen molar-refractivity contribution in [3.8, 4) is 0 Å². The van der Waals surface area contributed by atoms with Gasteiger partial charge in [-0.2, -0.15) is 13.2 Å². The van der Waals surface area contributed by atoms with Crippen LogP contribution in [0.2, 0.25) is 0 Å². The van der Waals surface area contributed by atoms with Crippen LogP contribution in [0.4, 0.5) is 17.6 Å². The fraction of sp³-hybridized carbons (Fsp3) is 0.417. The molecule has 1 aliphatic heterocycles. The Kier molecular flexibility index (Phi) is 8.43. The second-order valence-electron chi connectivity index (χ2n) is 8.05. The number of hydrogen-bond donors (Lipinski definition) is 1. The minimum Gasteiger partial charge on any atom is -0.355 e. The molecule has 0 saturated carbocycles. The highest BCUT2D eigenvalue weighted by atomic mass is 19.4. The molecular weight excluding hydrogens is 438 g/mol. The van der Waals surface area contributed by atoms with Crippen molar-refractivity contribution in [3.05, 3.63) is 71.0 Å². The third-order valence-electron chi connectivity index (χ3n) is 5.61. The first-order valence-electron chi connectivity index (χ1n) is 10.9. The van der Waals surface area contributed by atoms with E-state index in [4.69, 9.17) is 0 Å². The van der Waals surface area contributed by atoms with Crippen LogP contribution in [-0.4, -0.2) is 60.9 Å². The van der Waals surface area contributed by atoms with E-state index in [0.717, 1.165) is 18.1 Å². The molecule has 0 bridgehead atoms. The quantitative estimate of drug-likeness (QED) is 0.639. The first-order chi connectivity index (χ1) is 15.7. The molecule has 0 radical (unpaired) electrons. The third kappa shape index (κ3) is 7.28. The smallest absolute Gasteiger partial charge is 0.355 e. The van der Waals surface area contributed by atoms with Crippen LogP contribution >= 0.6 is 0 Å². The summed E-state index contributed by atoms with van der Waals surface area (Å²) in [5.41, 5.74) is -0.499. The van der Waals surface area contributed by atoms with E-state index >= 15 is 0 Å². The maximum absolute atomic E-state index is 14.2. The Morgan fingerprint density at radius 3 is 2.42 bits per heavy atom. The van der Waals surface area contributed by atoms with E-state index in [9.17, 15) is 27.2 Å². The number of nitrogens with zero attached hydrogens (tertiary/aromatic N) is 2. The zero-order valence-electron chi connectivity index (χ0n) is 18.2.